The lowest BCUT2D eigenvalue weighted by molar-refractivity contribution is -0.168. The molecule has 3 atom stereocenters. The number of halogens is 1. The lowest BCUT2D eigenvalue weighted by atomic mass is 9.64. The number of hydrogen-bond donors (Lipinski definition) is 2. The molecule has 3 unspecified atom stereocenters. The standard InChI is InChI=1S/C11H19FO3/c1-7-6-10(2,3)4-5-11(7,15)8(12)9(13)14/h7-8,15H,4-6H2,1-3H3,(H,13,14). The van der Waals surface area contributed by atoms with Crippen molar-refractivity contribution in [2.45, 2.75) is 51.8 Å². The van der Waals surface area contributed by atoms with Gasteiger partial charge in [0.2, 0.25) is 6.17 Å². The van der Waals surface area contributed by atoms with Crippen molar-refractivity contribution < 1.29 is 19.4 Å². The van der Waals surface area contributed by atoms with Crippen molar-refractivity contribution in [3.8, 4) is 0 Å². The molecule has 2 N–H and O–H groups in total. The third kappa shape index (κ3) is 2.30. The van der Waals surface area contributed by atoms with E-state index in [0.717, 1.165) is 0 Å². The fourth-order valence-electron chi connectivity index (χ4n) is 2.48. The number of aliphatic carboxylic acids is 1. The van der Waals surface area contributed by atoms with E-state index in [4.69, 9.17) is 5.11 Å². The Bertz CT molecular complexity index is 265. The largest absolute Gasteiger partial charge is 0.479 e. The molecule has 1 aliphatic carbocycles. The van der Waals surface area contributed by atoms with Crippen molar-refractivity contribution in [1.29, 1.82) is 0 Å². The number of hydrogen-bond acceptors (Lipinski definition) is 2. The van der Waals surface area contributed by atoms with Gasteiger partial charge in [-0.05, 0) is 30.6 Å². The molecule has 0 aliphatic heterocycles. The van der Waals surface area contributed by atoms with Crippen LogP contribution in [-0.4, -0.2) is 28.0 Å². The lowest BCUT2D eigenvalue weighted by Crippen LogP contribution is -2.53. The summed E-state index contributed by atoms with van der Waals surface area (Å²) >= 11 is 0. The van der Waals surface area contributed by atoms with Crippen molar-refractivity contribution in [3.05, 3.63) is 0 Å². The minimum Gasteiger partial charge on any atom is -0.479 e. The fourth-order valence-corrected chi connectivity index (χ4v) is 2.48. The van der Waals surface area contributed by atoms with Crippen molar-refractivity contribution in [1.82, 2.24) is 0 Å². The van der Waals surface area contributed by atoms with E-state index >= 15 is 0 Å². The molecule has 0 heterocycles. The molecule has 0 bridgehead atoms. The average Bonchev–Trinajstić information content (AvgIpc) is 2.10. The predicted octanol–water partition coefficient (Wildman–Crippen LogP) is 1.99. The third-order valence-corrected chi connectivity index (χ3v) is 3.57. The predicted molar refractivity (Wildman–Crippen MR) is 54.3 cm³/mol. The topological polar surface area (TPSA) is 57.5 Å². The van der Waals surface area contributed by atoms with Gasteiger partial charge in [0.15, 0.2) is 0 Å². The van der Waals surface area contributed by atoms with Crippen LogP contribution in [0, 0.1) is 11.3 Å². The molecule has 0 amide bonds. The molecule has 3 nitrogen and oxygen atoms in total. The second-order valence-corrected chi connectivity index (χ2v) is 5.46. The van der Waals surface area contributed by atoms with E-state index in [1.807, 2.05) is 0 Å². The van der Waals surface area contributed by atoms with Gasteiger partial charge in [-0.15, -0.1) is 0 Å². The fraction of sp³-hybridized carbons (Fsp3) is 0.909. The Morgan fingerprint density at radius 2 is 2.00 bits per heavy atom. The molecule has 15 heavy (non-hydrogen) atoms. The van der Waals surface area contributed by atoms with Gasteiger partial charge in [0.25, 0.3) is 0 Å². The van der Waals surface area contributed by atoms with Crippen LogP contribution in [0.15, 0.2) is 0 Å². The van der Waals surface area contributed by atoms with Gasteiger partial charge in [0, 0.05) is 0 Å². The molecule has 1 saturated carbocycles. The van der Waals surface area contributed by atoms with Crippen molar-refractivity contribution in [3.63, 3.8) is 0 Å². The van der Waals surface area contributed by atoms with E-state index < -0.39 is 17.7 Å². The highest BCUT2D eigenvalue weighted by Crippen LogP contribution is 2.45. The van der Waals surface area contributed by atoms with Crippen LogP contribution in [0.25, 0.3) is 0 Å². The van der Waals surface area contributed by atoms with Gasteiger partial charge >= 0.3 is 5.97 Å². The summed E-state index contributed by atoms with van der Waals surface area (Å²) in [6.45, 7) is 5.82. The normalized spacial score (nSPS) is 37.3. The zero-order chi connectivity index (χ0) is 11.9. The van der Waals surface area contributed by atoms with Gasteiger partial charge in [0.1, 0.15) is 5.60 Å². The highest BCUT2D eigenvalue weighted by atomic mass is 19.1. The quantitative estimate of drug-likeness (QED) is 0.745. The van der Waals surface area contributed by atoms with E-state index in [1.165, 1.54) is 0 Å². The number of carboxylic acid groups (broad SMARTS) is 1. The zero-order valence-electron chi connectivity index (χ0n) is 9.46. The third-order valence-electron chi connectivity index (χ3n) is 3.57. The zero-order valence-corrected chi connectivity index (χ0v) is 9.46. The minimum atomic E-state index is -2.18. The summed E-state index contributed by atoms with van der Waals surface area (Å²) in [5.74, 6) is -1.89. The molecule has 0 aromatic carbocycles. The Labute approximate surface area is 89.3 Å². The number of rotatable bonds is 2. The summed E-state index contributed by atoms with van der Waals surface area (Å²) < 4.78 is 13.4. The van der Waals surface area contributed by atoms with E-state index in [0.29, 0.717) is 12.8 Å². The molecular weight excluding hydrogens is 199 g/mol. The van der Waals surface area contributed by atoms with Crippen LogP contribution >= 0.6 is 0 Å². The SMILES string of the molecule is CC1CC(C)(C)CCC1(O)C(F)C(=O)O. The molecule has 0 aromatic heterocycles. The summed E-state index contributed by atoms with van der Waals surface area (Å²) in [6, 6.07) is 0. The molecule has 88 valence electrons. The Morgan fingerprint density at radius 3 is 2.40 bits per heavy atom. The Morgan fingerprint density at radius 1 is 1.47 bits per heavy atom. The van der Waals surface area contributed by atoms with Gasteiger partial charge in [-0.25, -0.2) is 9.18 Å². The van der Waals surface area contributed by atoms with E-state index in [1.54, 1.807) is 6.92 Å². The van der Waals surface area contributed by atoms with Gasteiger partial charge in [-0.3, -0.25) is 0 Å². The summed E-state index contributed by atoms with van der Waals surface area (Å²) in [6.07, 6.45) is -0.656. The van der Waals surface area contributed by atoms with Crippen molar-refractivity contribution >= 4 is 5.97 Å². The molecule has 0 radical (unpaired) electrons. The molecule has 1 aliphatic rings. The smallest absolute Gasteiger partial charge is 0.341 e. The Balaban J connectivity index is 2.83. The second-order valence-electron chi connectivity index (χ2n) is 5.46. The molecular formula is C11H19FO3. The first kappa shape index (κ1) is 12.4. The first-order valence-corrected chi connectivity index (χ1v) is 5.28. The van der Waals surface area contributed by atoms with Crippen LogP contribution in [-0.2, 0) is 4.79 Å². The van der Waals surface area contributed by atoms with Gasteiger partial charge in [-0.2, -0.15) is 0 Å². The van der Waals surface area contributed by atoms with Gasteiger partial charge < -0.3 is 10.2 Å². The maximum Gasteiger partial charge on any atom is 0.341 e. The minimum absolute atomic E-state index is 0.0594. The number of aliphatic hydroxyl groups is 1. The summed E-state index contributed by atoms with van der Waals surface area (Å²) in [5.41, 5.74) is -1.63. The summed E-state index contributed by atoms with van der Waals surface area (Å²) in [4.78, 5) is 10.6. The molecule has 0 saturated heterocycles. The van der Waals surface area contributed by atoms with Crippen LogP contribution < -0.4 is 0 Å². The van der Waals surface area contributed by atoms with E-state index in [9.17, 15) is 14.3 Å². The van der Waals surface area contributed by atoms with Gasteiger partial charge in [-0.1, -0.05) is 20.8 Å². The van der Waals surface area contributed by atoms with Crippen LogP contribution in [0.2, 0.25) is 0 Å². The number of carbonyl (C=O) groups is 1. The molecule has 1 rings (SSSR count). The molecule has 0 aromatic rings. The Hall–Kier alpha value is -0.640. The monoisotopic (exact) mass is 218 g/mol. The van der Waals surface area contributed by atoms with Crippen molar-refractivity contribution in [2.24, 2.45) is 11.3 Å². The van der Waals surface area contributed by atoms with E-state index in [2.05, 4.69) is 13.8 Å². The lowest BCUT2D eigenvalue weighted by Gasteiger charge is -2.45. The highest BCUT2D eigenvalue weighted by Gasteiger charge is 2.50. The summed E-state index contributed by atoms with van der Waals surface area (Å²) in [7, 11) is 0. The van der Waals surface area contributed by atoms with Crippen LogP contribution in [0.5, 0.6) is 0 Å². The van der Waals surface area contributed by atoms with Crippen molar-refractivity contribution in [2.75, 3.05) is 0 Å². The van der Waals surface area contributed by atoms with Crippen LogP contribution in [0.1, 0.15) is 40.0 Å². The van der Waals surface area contributed by atoms with Crippen LogP contribution in [0.4, 0.5) is 4.39 Å². The average molecular weight is 218 g/mol. The van der Waals surface area contributed by atoms with Crippen LogP contribution in [0.3, 0.4) is 0 Å². The molecule has 1 fully saturated rings. The first-order valence-electron chi connectivity index (χ1n) is 5.28. The van der Waals surface area contributed by atoms with Gasteiger partial charge in [0.05, 0.1) is 0 Å². The number of alkyl halides is 1. The first-order chi connectivity index (χ1) is 6.69. The maximum atomic E-state index is 13.4. The highest BCUT2D eigenvalue weighted by molar-refractivity contribution is 5.73. The Kier molecular flexibility index (Phi) is 3.10. The second kappa shape index (κ2) is 3.74. The van der Waals surface area contributed by atoms with E-state index in [-0.39, 0.29) is 17.8 Å². The summed E-state index contributed by atoms with van der Waals surface area (Å²) in [5, 5.41) is 18.7. The molecule has 0 spiro atoms. The maximum absolute atomic E-state index is 13.4. The number of carboxylic acids is 1. The molecule has 4 heteroatoms.